The van der Waals surface area contributed by atoms with Gasteiger partial charge in [-0.05, 0) is 42.7 Å². The number of benzene rings is 2. The van der Waals surface area contributed by atoms with E-state index >= 15 is 0 Å². The van der Waals surface area contributed by atoms with Gasteiger partial charge in [0.1, 0.15) is 5.69 Å². The molecule has 3 aromatic rings. The number of hydrogen-bond acceptors (Lipinski definition) is 6. The fraction of sp³-hybridized carbons (Fsp3) is 0.370. The van der Waals surface area contributed by atoms with E-state index in [2.05, 4.69) is 9.97 Å². The topological polar surface area (TPSA) is 124 Å². The summed E-state index contributed by atoms with van der Waals surface area (Å²) in [5, 5.41) is 10.00. The molecule has 0 bridgehead atoms. The smallest absolute Gasteiger partial charge is 0.270 e. The average molecular weight is 489 g/mol. The summed E-state index contributed by atoms with van der Waals surface area (Å²) >= 11 is 0. The van der Waals surface area contributed by atoms with Crippen molar-refractivity contribution in [1.82, 2.24) is 19.8 Å². The van der Waals surface area contributed by atoms with Crippen LogP contribution in [-0.4, -0.2) is 74.8 Å². The van der Waals surface area contributed by atoms with E-state index in [1.807, 2.05) is 12.1 Å². The number of rotatable bonds is 5. The second-order valence-electron chi connectivity index (χ2n) is 9.35. The van der Waals surface area contributed by atoms with Gasteiger partial charge in [0.05, 0.1) is 23.7 Å². The molecular weight excluding hydrogens is 460 g/mol. The first kappa shape index (κ1) is 23.9. The van der Waals surface area contributed by atoms with Gasteiger partial charge in [-0.15, -0.1) is 0 Å². The summed E-state index contributed by atoms with van der Waals surface area (Å²) in [5.74, 6) is -0.257. The number of nitrogens with zero attached hydrogens (tertiary/aromatic N) is 3. The summed E-state index contributed by atoms with van der Waals surface area (Å²) in [5.41, 5.74) is 3.38. The Kier molecular flexibility index (Phi) is 6.65. The molecule has 2 N–H and O–H groups in total. The zero-order valence-electron chi connectivity index (χ0n) is 19.9. The first-order valence-corrected chi connectivity index (χ1v) is 12.3. The van der Waals surface area contributed by atoms with Gasteiger partial charge in [-0.2, -0.15) is 0 Å². The normalized spacial score (nSPS) is 17.8. The van der Waals surface area contributed by atoms with Crippen LogP contribution in [0.3, 0.4) is 0 Å². The van der Waals surface area contributed by atoms with Gasteiger partial charge in [0.2, 0.25) is 5.91 Å². The van der Waals surface area contributed by atoms with Crippen LogP contribution in [0.15, 0.2) is 47.3 Å². The third kappa shape index (κ3) is 4.66. The van der Waals surface area contributed by atoms with E-state index in [1.54, 1.807) is 40.1 Å². The van der Waals surface area contributed by atoms with Gasteiger partial charge in [0.15, 0.2) is 5.78 Å². The number of aliphatic hydroxyl groups is 1. The fourth-order valence-electron chi connectivity index (χ4n) is 5.07. The van der Waals surface area contributed by atoms with E-state index in [0.29, 0.717) is 47.4 Å². The molecule has 2 aliphatic rings. The number of piperazine rings is 1. The molecule has 1 saturated heterocycles. The zero-order chi connectivity index (χ0) is 25.2. The van der Waals surface area contributed by atoms with Gasteiger partial charge in [0.25, 0.3) is 11.5 Å². The van der Waals surface area contributed by atoms with Crippen molar-refractivity contribution in [2.45, 2.75) is 38.1 Å². The molecule has 5 rings (SSSR count). The van der Waals surface area contributed by atoms with E-state index in [4.69, 9.17) is 0 Å². The van der Waals surface area contributed by atoms with Crippen LogP contribution in [0.25, 0.3) is 11.0 Å². The van der Waals surface area contributed by atoms with Gasteiger partial charge >= 0.3 is 0 Å². The van der Waals surface area contributed by atoms with Crippen LogP contribution in [0, 0.1) is 0 Å². The van der Waals surface area contributed by atoms with Crippen LogP contribution in [-0.2, 0) is 17.6 Å². The molecular formula is C27H28N4O5. The van der Waals surface area contributed by atoms with E-state index in [9.17, 15) is 24.3 Å². The van der Waals surface area contributed by atoms with Crippen molar-refractivity contribution in [3.8, 4) is 0 Å². The van der Waals surface area contributed by atoms with Gasteiger partial charge in [-0.3, -0.25) is 19.2 Å². The number of nitrogens with one attached hydrogen (secondary N) is 1. The lowest BCUT2D eigenvalue weighted by Crippen LogP contribution is -2.58. The van der Waals surface area contributed by atoms with E-state index in [1.165, 1.54) is 0 Å². The maximum absolute atomic E-state index is 13.2. The second kappa shape index (κ2) is 10.0. The molecule has 36 heavy (non-hydrogen) atoms. The summed E-state index contributed by atoms with van der Waals surface area (Å²) in [7, 11) is 0. The SMILES string of the molecule is O=C1CCCc2cc(C(=O)N3CCN(C(=O)CCc4nc5ccccc5[nH]c4=O)C[C@H]3CO)ccc21. The highest BCUT2D eigenvalue weighted by Crippen LogP contribution is 2.24. The highest BCUT2D eigenvalue weighted by Gasteiger charge is 2.33. The third-order valence-corrected chi connectivity index (χ3v) is 7.06. The molecule has 186 valence electrons. The number of carbonyl (C=O) groups excluding carboxylic acids is 3. The number of carbonyl (C=O) groups is 3. The zero-order valence-corrected chi connectivity index (χ0v) is 19.9. The fourth-order valence-corrected chi connectivity index (χ4v) is 5.07. The highest BCUT2D eigenvalue weighted by atomic mass is 16.3. The Morgan fingerprint density at radius 2 is 1.92 bits per heavy atom. The summed E-state index contributed by atoms with van der Waals surface area (Å²) < 4.78 is 0. The predicted molar refractivity (Wildman–Crippen MR) is 133 cm³/mol. The molecule has 9 heteroatoms. The minimum absolute atomic E-state index is 0.108. The van der Waals surface area contributed by atoms with Crippen LogP contribution >= 0.6 is 0 Å². The Hall–Kier alpha value is -3.85. The molecule has 1 fully saturated rings. The number of aromatic nitrogens is 2. The molecule has 1 aromatic heterocycles. The van der Waals surface area contributed by atoms with E-state index in [0.717, 1.165) is 18.4 Å². The van der Waals surface area contributed by atoms with Crippen molar-refractivity contribution in [3.05, 3.63) is 75.2 Å². The first-order valence-electron chi connectivity index (χ1n) is 12.3. The monoisotopic (exact) mass is 488 g/mol. The van der Waals surface area contributed by atoms with Crippen molar-refractivity contribution in [3.63, 3.8) is 0 Å². The number of Topliss-reactive ketones (excluding diaryl/α,β-unsaturated/α-hetero) is 1. The van der Waals surface area contributed by atoms with Crippen molar-refractivity contribution < 1.29 is 19.5 Å². The standard InChI is InChI=1S/C27H28N4O5/c32-16-19-15-30(25(34)11-10-23-26(35)29-22-6-2-1-5-21(22)28-23)12-13-31(19)27(36)18-8-9-20-17(14-18)4-3-7-24(20)33/h1-2,5-6,8-9,14,19,32H,3-4,7,10-13,15-16H2,(H,29,35)/t19-/m0/s1. The van der Waals surface area contributed by atoms with Crippen LogP contribution in [0.1, 0.15) is 51.2 Å². The Morgan fingerprint density at radius 3 is 2.75 bits per heavy atom. The first-order chi connectivity index (χ1) is 17.4. The van der Waals surface area contributed by atoms with E-state index in [-0.39, 0.29) is 49.2 Å². The Morgan fingerprint density at radius 1 is 1.08 bits per heavy atom. The molecule has 0 saturated carbocycles. The molecule has 1 atom stereocenters. The highest BCUT2D eigenvalue weighted by molar-refractivity contribution is 6.01. The Bertz CT molecular complexity index is 1400. The molecule has 2 heterocycles. The summed E-state index contributed by atoms with van der Waals surface area (Å²) in [6, 6.07) is 11.9. The van der Waals surface area contributed by atoms with Crippen molar-refractivity contribution in [2.75, 3.05) is 26.2 Å². The molecule has 9 nitrogen and oxygen atoms in total. The lowest BCUT2D eigenvalue weighted by atomic mass is 9.89. The maximum atomic E-state index is 13.2. The quantitative estimate of drug-likeness (QED) is 0.564. The summed E-state index contributed by atoms with van der Waals surface area (Å²) in [6.07, 6.45) is 2.40. The maximum Gasteiger partial charge on any atom is 0.270 e. The number of amides is 2. The van der Waals surface area contributed by atoms with Crippen molar-refractivity contribution in [2.24, 2.45) is 0 Å². The lowest BCUT2D eigenvalue weighted by Gasteiger charge is -2.41. The van der Waals surface area contributed by atoms with Crippen molar-refractivity contribution in [1.29, 1.82) is 0 Å². The Labute approximate surface area is 207 Å². The molecule has 1 aliphatic heterocycles. The lowest BCUT2D eigenvalue weighted by molar-refractivity contribution is -0.134. The summed E-state index contributed by atoms with van der Waals surface area (Å²) in [6.45, 7) is 0.573. The predicted octanol–water partition coefficient (Wildman–Crippen LogP) is 1.72. The molecule has 0 spiro atoms. The minimum Gasteiger partial charge on any atom is -0.394 e. The molecule has 2 aromatic carbocycles. The number of fused-ring (bicyclic) bond motifs is 2. The van der Waals surface area contributed by atoms with Gasteiger partial charge < -0.3 is 19.9 Å². The third-order valence-electron chi connectivity index (χ3n) is 7.06. The Balaban J connectivity index is 1.23. The number of ketones is 1. The van der Waals surface area contributed by atoms with Crippen LogP contribution in [0.4, 0.5) is 0 Å². The summed E-state index contributed by atoms with van der Waals surface area (Å²) in [4.78, 5) is 61.0. The minimum atomic E-state index is -0.532. The number of aliphatic hydroxyl groups excluding tert-OH is 1. The van der Waals surface area contributed by atoms with Crippen LogP contribution in [0.5, 0.6) is 0 Å². The van der Waals surface area contributed by atoms with Crippen LogP contribution < -0.4 is 5.56 Å². The number of hydrogen-bond donors (Lipinski definition) is 2. The number of aromatic amines is 1. The number of aryl methyl sites for hydroxylation is 2. The molecule has 1 aliphatic carbocycles. The number of para-hydroxylation sites is 2. The molecule has 2 amide bonds. The van der Waals surface area contributed by atoms with E-state index < -0.39 is 6.04 Å². The second-order valence-corrected chi connectivity index (χ2v) is 9.35. The van der Waals surface area contributed by atoms with Gasteiger partial charge in [-0.25, -0.2) is 4.98 Å². The van der Waals surface area contributed by atoms with Crippen LogP contribution in [0.2, 0.25) is 0 Å². The molecule has 0 unspecified atom stereocenters. The largest absolute Gasteiger partial charge is 0.394 e. The van der Waals surface area contributed by atoms with Gasteiger partial charge in [-0.1, -0.05) is 18.2 Å². The number of H-pyrrole nitrogens is 1. The average Bonchev–Trinajstić information content (AvgIpc) is 2.90. The van der Waals surface area contributed by atoms with Crippen molar-refractivity contribution >= 4 is 28.6 Å². The van der Waals surface area contributed by atoms with Gasteiger partial charge in [0, 0.05) is 50.0 Å². The molecule has 0 radical (unpaired) electrons.